The van der Waals surface area contributed by atoms with Gasteiger partial charge >= 0.3 is 0 Å². The maximum Gasteiger partial charge on any atom is 0.242 e. The summed E-state index contributed by atoms with van der Waals surface area (Å²) in [6.07, 6.45) is 1.62. The average molecular weight is 389 g/mol. The highest BCUT2D eigenvalue weighted by molar-refractivity contribution is 8.00. The molecule has 0 fully saturated rings. The summed E-state index contributed by atoms with van der Waals surface area (Å²) < 4.78 is 1.79. The van der Waals surface area contributed by atoms with Crippen molar-refractivity contribution in [1.82, 2.24) is 14.8 Å². The number of anilines is 2. The van der Waals surface area contributed by atoms with E-state index in [4.69, 9.17) is 11.6 Å². The number of fused-ring (bicyclic) bond motifs is 2. The Morgan fingerprint density at radius 3 is 2.80 bits per heavy atom. The molecule has 4 rings (SSSR count). The van der Waals surface area contributed by atoms with E-state index in [1.165, 1.54) is 11.8 Å². The molecule has 5 nitrogen and oxygen atoms in total. The quantitative estimate of drug-likeness (QED) is 0.623. The number of rotatable bonds is 3. The van der Waals surface area contributed by atoms with Gasteiger partial charge in [0.25, 0.3) is 0 Å². The molecule has 2 aromatic carbocycles. The van der Waals surface area contributed by atoms with Gasteiger partial charge in [0.2, 0.25) is 5.91 Å². The van der Waals surface area contributed by atoms with E-state index in [9.17, 15) is 4.79 Å². The summed E-state index contributed by atoms with van der Waals surface area (Å²) in [5.41, 5.74) is 1.70. The predicted octanol–water partition coefficient (Wildman–Crippen LogP) is 4.39. The maximum atomic E-state index is 13.0. The van der Waals surface area contributed by atoms with Crippen LogP contribution in [0.25, 0.3) is 0 Å². The largest absolute Gasteiger partial charge is 0.312 e. The van der Waals surface area contributed by atoms with Crippen molar-refractivity contribution in [2.45, 2.75) is 14.9 Å². The van der Waals surface area contributed by atoms with Crippen molar-refractivity contribution >= 4 is 52.4 Å². The number of amides is 1. The number of aromatic nitrogens is 3. The molecule has 126 valence electrons. The van der Waals surface area contributed by atoms with Gasteiger partial charge in [0, 0.05) is 21.9 Å². The van der Waals surface area contributed by atoms with Gasteiger partial charge in [-0.25, -0.2) is 0 Å². The normalized spacial score (nSPS) is 12.6. The summed E-state index contributed by atoms with van der Waals surface area (Å²) in [6, 6.07) is 13.5. The second-order valence-corrected chi connectivity index (χ2v) is 7.89. The molecule has 0 bridgehead atoms. The predicted molar refractivity (Wildman–Crippen MR) is 101 cm³/mol. The number of halogens is 1. The monoisotopic (exact) mass is 388 g/mol. The van der Waals surface area contributed by atoms with Gasteiger partial charge in [-0.15, -0.1) is 10.2 Å². The van der Waals surface area contributed by atoms with Crippen LogP contribution < -0.4 is 4.90 Å². The minimum Gasteiger partial charge on any atom is -0.312 e. The van der Waals surface area contributed by atoms with Crippen molar-refractivity contribution in [2.24, 2.45) is 7.05 Å². The third-order valence-electron chi connectivity index (χ3n) is 3.73. The number of aryl methyl sites for hydroxylation is 1. The summed E-state index contributed by atoms with van der Waals surface area (Å²) in [4.78, 5) is 16.8. The van der Waals surface area contributed by atoms with E-state index >= 15 is 0 Å². The highest BCUT2D eigenvalue weighted by Gasteiger charge is 2.28. The molecule has 0 saturated carbocycles. The molecule has 3 aromatic rings. The average Bonchev–Trinajstić information content (AvgIpc) is 3.02. The first-order chi connectivity index (χ1) is 12.1. The van der Waals surface area contributed by atoms with Gasteiger partial charge in [-0.2, -0.15) is 0 Å². The Morgan fingerprint density at radius 1 is 1.20 bits per heavy atom. The van der Waals surface area contributed by atoms with Crippen molar-refractivity contribution in [3.05, 3.63) is 53.8 Å². The van der Waals surface area contributed by atoms with Gasteiger partial charge in [-0.1, -0.05) is 47.3 Å². The van der Waals surface area contributed by atoms with E-state index in [0.717, 1.165) is 21.2 Å². The van der Waals surface area contributed by atoms with Crippen LogP contribution in [0.1, 0.15) is 0 Å². The van der Waals surface area contributed by atoms with Crippen LogP contribution in [0.2, 0.25) is 5.02 Å². The number of carbonyl (C=O) groups excluding carboxylic acids is 1. The van der Waals surface area contributed by atoms with Crippen molar-refractivity contribution in [3.63, 3.8) is 0 Å². The third-order valence-corrected chi connectivity index (χ3v) is 6.12. The first-order valence-electron chi connectivity index (χ1n) is 7.49. The summed E-state index contributed by atoms with van der Waals surface area (Å²) in [7, 11) is 1.86. The summed E-state index contributed by atoms with van der Waals surface area (Å²) >= 11 is 9.19. The molecule has 0 atom stereocenters. The van der Waals surface area contributed by atoms with Gasteiger partial charge in [0.1, 0.15) is 6.33 Å². The van der Waals surface area contributed by atoms with Gasteiger partial charge in [0.05, 0.1) is 17.1 Å². The van der Waals surface area contributed by atoms with Crippen LogP contribution in [0.5, 0.6) is 0 Å². The minimum absolute atomic E-state index is 0.0238. The Balaban J connectivity index is 1.69. The number of thioether (sulfide) groups is 1. The molecule has 1 amide bonds. The Bertz CT molecular complexity index is 959. The fraction of sp³-hybridized carbons (Fsp3) is 0.118. The number of hydrogen-bond acceptors (Lipinski definition) is 5. The lowest BCUT2D eigenvalue weighted by atomic mass is 10.2. The van der Waals surface area contributed by atoms with Crippen molar-refractivity contribution in [1.29, 1.82) is 0 Å². The fourth-order valence-corrected chi connectivity index (χ4v) is 4.53. The van der Waals surface area contributed by atoms with Gasteiger partial charge < -0.3 is 4.57 Å². The van der Waals surface area contributed by atoms with E-state index in [0.29, 0.717) is 10.2 Å². The van der Waals surface area contributed by atoms with Crippen LogP contribution in [-0.4, -0.2) is 26.4 Å². The van der Waals surface area contributed by atoms with E-state index < -0.39 is 0 Å². The van der Waals surface area contributed by atoms with Crippen molar-refractivity contribution in [3.8, 4) is 0 Å². The second-order valence-electron chi connectivity index (χ2n) is 5.42. The van der Waals surface area contributed by atoms with Gasteiger partial charge in [-0.05, 0) is 30.3 Å². The van der Waals surface area contributed by atoms with E-state index in [1.54, 1.807) is 27.6 Å². The van der Waals surface area contributed by atoms with Crippen LogP contribution in [0, 0.1) is 0 Å². The van der Waals surface area contributed by atoms with Gasteiger partial charge in [-0.3, -0.25) is 9.69 Å². The van der Waals surface area contributed by atoms with E-state index in [1.807, 2.05) is 49.5 Å². The van der Waals surface area contributed by atoms with E-state index in [2.05, 4.69) is 10.2 Å². The first-order valence-corrected chi connectivity index (χ1v) is 9.67. The topological polar surface area (TPSA) is 51.0 Å². The van der Waals surface area contributed by atoms with Crippen LogP contribution in [-0.2, 0) is 11.8 Å². The van der Waals surface area contributed by atoms with Crippen LogP contribution in [0.3, 0.4) is 0 Å². The Hall–Kier alpha value is -1.96. The molecular formula is C17H13ClN4OS2. The molecule has 2 heterocycles. The molecule has 0 N–H and O–H groups in total. The van der Waals surface area contributed by atoms with Gasteiger partial charge in [0.15, 0.2) is 5.16 Å². The molecule has 25 heavy (non-hydrogen) atoms. The summed E-state index contributed by atoms with van der Waals surface area (Å²) in [5, 5.41) is 9.17. The standard InChI is InChI=1S/C17H13ClN4OS2/c1-21-10-19-20-17(21)24-9-16(23)22-12-4-2-3-5-14(12)25-15-7-6-11(18)8-13(15)22/h2-8,10H,9H2,1H3. The number of hydrogen-bond donors (Lipinski definition) is 0. The number of para-hydroxylation sites is 1. The Morgan fingerprint density at radius 2 is 2.00 bits per heavy atom. The van der Waals surface area contributed by atoms with Crippen LogP contribution in [0.4, 0.5) is 11.4 Å². The zero-order valence-electron chi connectivity index (χ0n) is 13.2. The summed E-state index contributed by atoms with van der Waals surface area (Å²) in [6.45, 7) is 0. The number of carbonyl (C=O) groups is 1. The molecule has 0 aliphatic carbocycles. The van der Waals surface area contributed by atoms with E-state index in [-0.39, 0.29) is 11.7 Å². The smallest absolute Gasteiger partial charge is 0.242 e. The zero-order valence-corrected chi connectivity index (χ0v) is 15.6. The molecular weight excluding hydrogens is 376 g/mol. The Kier molecular flexibility index (Phi) is 4.45. The van der Waals surface area contributed by atoms with Crippen LogP contribution in [0.15, 0.2) is 63.7 Å². The van der Waals surface area contributed by atoms with Crippen LogP contribution >= 0.6 is 35.1 Å². The zero-order chi connectivity index (χ0) is 17.4. The number of nitrogens with zero attached hydrogens (tertiary/aromatic N) is 4. The fourth-order valence-electron chi connectivity index (χ4n) is 2.59. The number of benzene rings is 2. The lowest BCUT2D eigenvalue weighted by molar-refractivity contribution is -0.115. The molecule has 8 heteroatoms. The maximum absolute atomic E-state index is 13.0. The SMILES string of the molecule is Cn1cnnc1SCC(=O)N1c2ccccc2Sc2ccc(Cl)cc21. The highest BCUT2D eigenvalue weighted by Crippen LogP contribution is 2.48. The molecule has 0 radical (unpaired) electrons. The molecule has 1 aliphatic heterocycles. The second kappa shape index (κ2) is 6.74. The Labute approximate surface area is 158 Å². The van der Waals surface area contributed by atoms with Crippen molar-refractivity contribution in [2.75, 3.05) is 10.7 Å². The summed E-state index contributed by atoms with van der Waals surface area (Å²) in [5.74, 6) is 0.238. The lowest BCUT2D eigenvalue weighted by Crippen LogP contribution is -2.30. The molecule has 0 unspecified atom stereocenters. The highest BCUT2D eigenvalue weighted by atomic mass is 35.5. The first kappa shape index (κ1) is 16.5. The molecule has 1 aliphatic rings. The molecule has 0 saturated heterocycles. The molecule has 1 aromatic heterocycles. The third kappa shape index (κ3) is 3.15. The lowest BCUT2D eigenvalue weighted by Gasteiger charge is -2.31. The van der Waals surface area contributed by atoms with Crippen molar-refractivity contribution < 1.29 is 4.79 Å². The minimum atomic E-state index is -0.0238. The molecule has 0 spiro atoms.